The number of fused-ring (bicyclic) bond motifs is 1. The molecule has 8 nitrogen and oxygen atoms in total. The number of piperidine rings is 1. The van der Waals surface area contributed by atoms with Crippen LogP contribution in [0.1, 0.15) is 36.6 Å². The van der Waals surface area contributed by atoms with Crippen molar-refractivity contribution in [2.45, 2.75) is 30.9 Å². The summed E-state index contributed by atoms with van der Waals surface area (Å²) >= 11 is 0. The van der Waals surface area contributed by atoms with Gasteiger partial charge >= 0.3 is 0 Å². The number of ether oxygens (including phenoxy) is 1. The molecule has 154 valence electrons. The molecule has 0 bridgehead atoms. The quantitative estimate of drug-likeness (QED) is 0.696. The average molecular weight is 403 g/mol. The highest BCUT2D eigenvalue weighted by Gasteiger charge is 2.42. The van der Waals surface area contributed by atoms with Gasteiger partial charge < -0.3 is 15.1 Å². The van der Waals surface area contributed by atoms with E-state index in [9.17, 15) is 0 Å². The highest BCUT2D eigenvalue weighted by molar-refractivity contribution is 5.70. The van der Waals surface area contributed by atoms with Crippen molar-refractivity contribution < 1.29 is 4.74 Å². The minimum absolute atomic E-state index is 0.0305. The Labute approximate surface area is 175 Å². The smallest absolute Gasteiger partial charge is 0.132 e. The lowest BCUT2D eigenvalue weighted by Gasteiger charge is -2.48. The van der Waals surface area contributed by atoms with Crippen LogP contribution in [-0.2, 0) is 11.8 Å². The molecule has 30 heavy (non-hydrogen) atoms. The second-order valence-corrected chi connectivity index (χ2v) is 8.51. The predicted octanol–water partition coefficient (Wildman–Crippen LogP) is 2.66. The van der Waals surface area contributed by atoms with Crippen molar-refractivity contribution in [3.8, 4) is 11.1 Å². The van der Waals surface area contributed by atoms with Crippen LogP contribution in [0.5, 0.6) is 0 Å². The fourth-order valence-electron chi connectivity index (χ4n) is 4.82. The lowest BCUT2D eigenvalue weighted by molar-refractivity contribution is -0.151. The minimum atomic E-state index is -0.0305. The van der Waals surface area contributed by atoms with E-state index in [0.717, 1.165) is 67.3 Å². The molecule has 5 heterocycles. The van der Waals surface area contributed by atoms with Gasteiger partial charge in [-0.05, 0) is 30.5 Å². The summed E-state index contributed by atoms with van der Waals surface area (Å²) in [6, 6.07) is 8.52. The van der Waals surface area contributed by atoms with Crippen molar-refractivity contribution >= 4 is 11.5 Å². The molecule has 0 radical (unpaired) electrons. The number of rotatable bonds is 3. The maximum atomic E-state index is 5.93. The Morgan fingerprint density at radius 2 is 2.10 bits per heavy atom. The zero-order chi connectivity index (χ0) is 20.1. The number of hydrazine groups is 1. The summed E-state index contributed by atoms with van der Waals surface area (Å²) in [4.78, 5) is 11.5. The normalized spacial score (nSPS) is 25.1. The van der Waals surface area contributed by atoms with Crippen LogP contribution in [0.3, 0.4) is 0 Å². The van der Waals surface area contributed by atoms with Crippen molar-refractivity contribution in [2.75, 3.05) is 30.0 Å². The van der Waals surface area contributed by atoms with Crippen LogP contribution in [0.4, 0.5) is 11.5 Å². The molecule has 8 heteroatoms. The van der Waals surface area contributed by atoms with E-state index in [2.05, 4.69) is 55.1 Å². The first-order valence-corrected chi connectivity index (χ1v) is 10.5. The molecule has 3 aromatic rings. The molecule has 1 aromatic carbocycles. The molecule has 0 amide bonds. The maximum Gasteiger partial charge on any atom is 0.132 e. The molecule has 2 fully saturated rings. The second kappa shape index (κ2) is 6.78. The van der Waals surface area contributed by atoms with Gasteiger partial charge in [0.1, 0.15) is 12.1 Å². The van der Waals surface area contributed by atoms with E-state index in [1.165, 1.54) is 5.56 Å². The second-order valence-electron chi connectivity index (χ2n) is 8.51. The van der Waals surface area contributed by atoms with Gasteiger partial charge in [-0.15, -0.1) is 0 Å². The first-order chi connectivity index (χ1) is 14.7. The molecule has 3 aliphatic heterocycles. The summed E-state index contributed by atoms with van der Waals surface area (Å²) in [5.74, 6) is 0.980. The zero-order valence-electron chi connectivity index (χ0n) is 17.0. The molecule has 2 atom stereocenters. The highest BCUT2D eigenvalue weighted by Crippen LogP contribution is 2.38. The van der Waals surface area contributed by atoms with E-state index in [-0.39, 0.29) is 11.6 Å². The van der Waals surface area contributed by atoms with E-state index in [1.54, 1.807) is 6.33 Å². The van der Waals surface area contributed by atoms with Crippen LogP contribution in [0.25, 0.3) is 11.1 Å². The molecule has 2 saturated heterocycles. The van der Waals surface area contributed by atoms with Crippen LogP contribution in [-0.4, -0.2) is 45.0 Å². The largest absolute Gasteiger partial charge is 0.373 e. The maximum absolute atomic E-state index is 5.93. The first-order valence-electron chi connectivity index (χ1n) is 10.5. The Kier molecular flexibility index (Phi) is 4.04. The van der Waals surface area contributed by atoms with E-state index < -0.39 is 0 Å². The first kappa shape index (κ1) is 17.9. The van der Waals surface area contributed by atoms with Gasteiger partial charge in [0.2, 0.25) is 0 Å². The van der Waals surface area contributed by atoms with Crippen molar-refractivity contribution in [2.24, 2.45) is 7.05 Å². The standard InChI is InChI=1S/C22H25N7O/c1-28-12-16(11-25-28)15-3-4-18-17(9-15)21(27-26-18)19-10-20(24-14-23-19)29-7-2-5-22(13-29)6-8-30-22/h3-4,9-12,14,21,26-27H,2,5-8,13H2,1H3/t21-,22?/m1/s1. The van der Waals surface area contributed by atoms with E-state index in [1.807, 2.05) is 24.1 Å². The number of nitrogens with one attached hydrogen (secondary N) is 2. The Morgan fingerprint density at radius 3 is 2.90 bits per heavy atom. The summed E-state index contributed by atoms with van der Waals surface area (Å²) in [6.45, 7) is 2.82. The van der Waals surface area contributed by atoms with Crippen molar-refractivity contribution in [1.82, 2.24) is 25.2 Å². The lowest BCUT2D eigenvalue weighted by atomic mass is 9.86. The molecule has 0 saturated carbocycles. The molecular formula is C22H25N7O. The van der Waals surface area contributed by atoms with Gasteiger partial charge in [0.15, 0.2) is 0 Å². The Bertz CT molecular complexity index is 1090. The van der Waals surface area contributed by atoms with Crippen LogP contribution in [0.2, 0.25) is 0 Å². The molecular weight excluding hydrogens is 378 g/mol. The Hall–Kier alpha value is -2.97. The van der Waals surface area contributed by atoms with Crippen LogP contribution in [0, 0.1) is 0 Å². The molecule has 1 unspecified atom stereocenters. The number of aryl methyl sites for hydroxylation is 1. The molecule has 2 N–H and O–H groups in total. The third-order valence-corrected chi connectivity index (χ3v) is 6.55. The van der Waals surface area contributed by atoms with Crippen molar-refractivity contribution in [3.63, 3.8) is 0 Å². The van der Waals surface area contributed by atoms with Crippen molar-refractivity contribution in [1.29, 1.82) is 0 Å². The molecule has 0 aliphatic carbocycles. The lowest BCUT2D eigenvalue weighted by Crippen LogP contribution is -2.56. The van der Waals surface area contributed by atoms with Crippen LogP contribution in [0.15, 0.2) is 43.0 Å². The van der Waals surface area contributed by atoms with Crippen LogP contribution < -0.4 is 15.8 Å². The summed E-state index contributed by atoms with van der Waals surface area (Å²) in [6.07, 6.45) is 9.05. The minimum Gasteiger partial charge on any atom is -0.373 e. The topological polar surface area (TPSA) is 80.1 Å². The number of aromatic nitrogens is 4. The van der Waals surface area contributed by atoms with Gasteiger partial charge in [0.25, 0.3) is 0 Å². The number of hydrogen-bond acceptors (Lipinski definition) is 7. The predicted molar refractivity (Wildman–Crippen MR) is 114 cm³/mol. The summed E-state index contributed by atoms with van der Waals surface area (Å²) < 4.78 is 7.75. The third kappa shape index (κ3) is 2.95. The molecule has 2 aromatic heterocycles. The van der Waals surface area contributed by atoms with Gasteiger partial charge in [-0.3, -0.25) is 4.68 Å². The molecule has 3 aliphatic rings. The summed E-state index contributed by atoms with van der Waals surface area (Å²) in [5.41, 5.74) is 12.2. The number of benzene rings is 1. The highest BCUT2D eigenvalue weighted by atomic mass is 16.5. The van der Waals surface area contributed by atoms with Crippen LogP contribution >= 0.6 is 0 Å². The number of hydrogen-bond donors (Lipinski definition) is 2. The third-order valence-electron chi connectivity index (χ3n) is 6.55. The van der Waals surface area contributed by atoms with Gasteiger partial charge in [-0.2, -0.15) is 5.10 Å². The summed E-state index contributed by atoms with van der Waals surface area (Å²) in [5, 5.41) is 4.30. The zero-order valence-corrected chi connectivity index (χ0v) is 17.0. The van der Waals surface area contributed by atoms with E-state index in [4.69, 9.17) is 4.74 Å². The summed E-state index contributed by atoms with van der Waals surface area (Å²) in [7, 11) is 1.94. The van der Waals surface area contributed by atoms with Gasteiger partial charge in [-0.25, -0.2) is 15.4 Å². The van der Waals surface area contributed by atoms with Gasteiger partial charge in [0.05, 0.1) is 35.8 Å². The van der Waals surface area contributed by atoms with Gasteiger partial charge in [0, 0.05) is 49.9 Å². The van der Waals surface area contributed by atoms with Crippen molar-refractivity contribution in [3.05, 3.63) is 54.2 Å². The monoisotopic (exact) mass is 403 g/mol. The molecule has 6 rings (SSSR count). The fraction of sp³-hybridized carbons (Fsp3) is 0.409. The average Bonchev–Trinajstić information content (AvgIpc) is 3.38. The Balaban J connectivity index is 1.30. The van der Waals surface area contributed by atoms with E-state index >= 15 is 0 Å². The van der Waals surface area contributed by atoms with E-state index in [0.29, 0.717) is 0 Å². The Morgan fingerprint density at radius 1 is 1.17 bits per heavy atom. The number of anilines is 2. The van der Waals surface area contributed by atoms with Gasteiger partial charge in [-0.1, -0.05) is 6.07 Å². The SMILES string of the molecule is Cn1cc(-c2ccc3c(c2)[C@H](c2cc(N4CCCC5(CCO5)C4)ncn2)NN3)cn1. The molecule has 1 spiro atoms. The fourth-order valence-corrected chi connectivity index (χ4v) is 4.82. The number of nitrogens with zero attached hydrogens (tertiary/aromatic N) is 5.